The molecule has 1 N–H and O–H groups in total. The second-order valence-electron chi connectivity index (χ2n) is 2.25. The minimum atomic E-state index is -4.43. The molecular weight excluding hydrogens is 239 g/mol. The van der Waals surface area contributed by atoms with Crippen molar-refractivity contribution in [2.75, 3.05) is 0 Å². The van der Waals surface area contributed by atoms with Crippen molar-refractivity contribution in [2.45, 2.75) is 16.8 Å². The van der Waals surface area contributed by atoms with Crippen molar-refractivity contribution < 1.29 is 23.1 Å². The van der Waals surface area contributed by atoms with Gasteiger partial charge in [0.25, 0.3) is 0 Å². The van der Waals surface area contributed by atoms with Crippen molar-refractivity contribution in [1.29, 1.82) is 0 Å². The fraction of sp³-hybridized carbons (Fsp3) is 0.333. The maximum atomic E-state index is 11.9. The van der Waals surface area contributed by atoms with Gasteiger partial charge < -0.3 is 5.11 Å². The molecule has 0 saturated carbocycles. The zero-order valence-electron chi connectivity index (χ0n) is 6.75. The van der Waals surface area contributed by atoms with Gasteiger partial charge in [-0.05, 0) is 6.92 Å². The highest BCUT2D eigenvalue weighted by Gasteiger charge is 2.32. The normalized spacial score (nSPS) is 11.7. The lowest BCUT2D eigenvalue weighted by molar-refractivity contribution is -0.0328. The van der Waals surface area contributed by atoms with Gasteiger partial charge in [-0.15, -0.1) is 11.3 Å². The summed E-state index contributed by atoms with van der Waals surface area (Å²) in [6, 6.07) is 0. The van der Waals surface area contributed by atoms with Crippen LogP contribution in [0.15, 0.2) is 4.34 Å². The Balaban J connectivity index is 2.92. The van der Waals surface area contributed by atoms with Gasteiger partial charge in [-0.2, -0.15) is 13.2 Å². The average Bonchev–Trinajstić information content (AvgIpc) is 2.26. The van der Waals surface area contributed by atoms with E-state index < -0.39 is 23.2 Å². The molecule has 3 nitrogen and oxygen atoms in total. The summed E-state index contributed by atoms with van der Waals surface area (Å²) in [5.41, 5.74) is -4.32. The predicted octanol–water partition coefficient (Wildman–Crippen LogP) is 2.76. The van der Waals surface area contributed by atoms with E-state index in [-0.39, 0.29) is 14.9 Å². The summed E-state index contributed by atoms with van der Waals surface area (Å²) in [6.07, 6.45) is 0. The van der Waals surface area contributed by atoms with Crippen LogP contribution in [-0.4, -0.2) is 21.6 Å². The van der Waals surface area contributed by atoms with E-state index in [1.807, 2.05) is 0 Å². The standard InChI is InChI=1S/C6H4F3NO2S2/c1-2-3(4(11)12)13-5(10-2)14-6(7,8)9/h1H3,(H,11,12). The number of carbonyl (C=O) groups is 1. The Morgan fingerprint density at radius 3 is 2.50 bits per heavy atom. The molecule has 0 spiro atoms. The van der Waals surface area contributed by atoms with Crippen LogP contribution < -0.4 is 0 Å². The molecule has 0 bridgehead atoms. The number of alkyl halides is 3. The number of rotatable bonds is 2. The second-order valence-corrected chi connectivity index (χ2v) is 4.56. The molecule has 0 aliphatic heterocycles. The van der Waals surface area contributed by atoms with Crippen LogP contribution in [0.5, 0.6) is 0 Å². The number of carboxylic acid groups (broad SMARTS) is 1. The zero-order chi connectivity index (χ0) is 10.9. The summed E-state index contributed by atoms with van der Waals surface area (Å²) < 4.78 is 35.3. The number of aryl methyl sites for hydroxylation is 1. The van der Waals surface area contributed by atoms with Crippen molar-refractivity contribution in [3.8, 4) is 0 Å². The monoisotopic (exact) mass is 243 g/mol. The van der Waals surface area contributed by atoms with E-state index >= 15 is 0 Å². The first kappa shape index (κ1) is 11.3. The molecule has 8 heteroatoms. The highest BCUT2D eigenvalue weighted by Crippen LogP contribution is 2.39. The van der Waals surface area contributed by atoms with Crippen molar-refractivity contribution in [2.24, 2.45) is 0 Å². The molecular formula is C6H4F3NO2S2. The summed E-state index contributed by atoms with van der Waals surface area (Å²) in [7, 11) is 0. The van der Waals surface area contributed by atoms with Gasteiger partial charge in [0, 0.05) is 11.8 Å². The van der Waals surface area contributed by atoms with Crippen LogP contribution in [0.4, 0.5) is 13.2 Å². The highest BCUT2D eigenvalue weighted by atomic mass is 32.2. The SMILES string of the molecule is Cc1nc(SC(F)(F)F)sc1C(=O)O. The first-order valence-corrected chi connectivity index (χ1v) is 4.89. The predicted molar refractivity (Wildman–Crippen MR) is 45.7 cm³/mol. The molecule has 0 fully saturated rings. The Kier molecular flexibility index (Phi) is 3.05. The van der Waals surface area contributed by atoms with E-state index in [2.05, 4.69) is 4.98 Å². The lowest BCUT2D eigenvalue weighted by Gasteiger charge is -1.99. The number of thiazole rings is 1. The van der Waals surface area contributed by atoms with Gasteiger partial charge in [0.2, 0.25) is 0 Å². The Bertz CT molecular complexity index is 360. The number of aromatic nitrogens is 1. The van der Waals surface area contributed by atoms with Crippen molar-refractivity contribution in [1.82, 2.24) is 4.98 Å². The van der Waals surface area contributed by atoms with Crippen molar-refractivity contribution in [3.63, 3.8) is 0 Å². The Morgan fingerprint density at radius 1 is 1.57 bits per heavy atom. The Hall–Kier alpha value is -0.760. The number of carboxylic acids is 1. The molecule has 1 aromatic rings. The first-order chi connectivity index (χ1) is 6.29. The second kappa shape index (κ2) is 3.77. The van der Waals surface area contributed by atoms with Gasteiger partial charge in [0.15, 0.2) is 4.34 Å². The van der Waals surface area contributed by atoms with Gasteiger partial charge in [0.1, 0.15) is 4.88 Å². The topological polar surface area (TPSA) is 50.2 Å². The third kappa shape index (κ3) is 2.88. The fourth-order valence-corrected chi connectivity index (χ4v) is 2.43. The van der Waals surface area contributed by atoms with Crippen LogP contribution >= 0.6 is 23.1 Å². The molecule has 0 atom stereocenters. The van der Waals surface area contributed by atoms with Crippen LogP contribution in [-0.2, 0) is 0 Å². The minimum Gasteiger partial charge on any atom is -0.477 e. The molecule has 0 aliphatic carbocycles. The number of nitrogens with zero attached hydrogens (tertiary/aromatic N) is 1. The molecule has 1 heterocycles. The molecule has 0 saturated heterocycles. The summed E-state index contributed by atoms with van der Waals surface area (Å²) in [5.74, 6) is -1.26. The zero-order valence-corrected chi connectivity index (χ0v) is 8.39. The number of hydrogen-bond donors (Lipinski definition) is 1. The summed E-state index contributed by atoms with van der Waals surface area (Å²) in [6.45, 7) is 1.36. The van der Waals surface area contributed by atoms with E-state index in [4.69, 9.17) is 5.11 Å². The Labute approximate surface area is 85.0 Å². The van der Waals surface area contributed by atoms with E-state index in [0.29, 0.717) is 11.3 Å². The van der Waals surface area contributed by atoms with Gasteiger partial charge >= 0.3 is 11.5 Å². The molecule has 0 radical (unpaired) electrons. The molecule has 78 valence electrons. The van der Waals surface area contributed by atoms with Gasteiger partial charge in [-0.25, -0.2) is 9.78 Å². The fourth-order valence-electron chi connectivity index (χ4n) is 0.713. The smallest absolute Gasteiger partial charge is 0.448 e. The largest absolute Gasteiger partial charge is 0.477 e. The quantitative estimate of drug-likeness (QED) is 0.811. The Morgan fingerprint density at radius 2 is 2.14 bits per heavy atom. The molecule has 1 rings (SSSR count). The summed E-state index contributed by atoms with van der Waals surface area (Å²) in [5, 5.41) is 8.56. The van der Waals surface area contributed by atoms with E-state index in [0.717, 1.165) is 0 Å². The average molecular weight is 243 g/mol. The third-order valence-electron chi connectivity index (χ3n) is 1.17. The highest BCUT2D eigenvalue weighted by molar-refractivity contribution is 8.01. The first-order valence-electron chi connectivity index (χ1n) is 3.26. The van der Waals surface area contributed by atoms with Crippen molar-refractivity contribution in [3.05, 3.63) is 10.6 Å². The van der Waals surface area contributed by atoms with Crippen LogP contribution in [0.25, 0.3) is 0 Å². The minimum absolute atomic E-state index is 0.106. The number of halogens is 3. The molecule has 14 heavy (non-hydrogen) atoms. The lowest BCUT2D eigenvalue weighted by atomic mass is 10.4. The van der Waals surface area contributed by atoms with Gasteiger partial charge in [-0.3, -0.25) is 0 Å². The molecule has 0 unspecified atom stereocenters. The maximum Gasteiger partial charge on any atom is 0.448 e. The number of thioether (sulfide) groups is 1. The van der Waals surface area contributed by atoms with E-state index in [1.165, 1.54) is 6.92 Å². The van der Waals surface area contributed by atoms with E-state index in [9.17, 15) is 18.0 Å². The molecule has 1 aromatic heterocycles. The molecule has 0 aromatic carbocycles. The number of hydrogen-bond acceptors (Lipinski definition) is 4. The summed E-state index contributed by atoms with van der Waals surface area (Å²) in [4.78, 5) is 13.8. The lowest BCUT2D eigenvalue weighted by Crippen LogP contribution is -1.98. The van der Waals surface area contributed by atoms with Gasteiger partial charge in [-0.1, -0.05) is 0 Å². The third-order valence-corrected chi connectivity index (χ3v) is 3.11. The van der Waals surface area contributed by atoms with E-state index in [1.54, 1.807) is 0 Å². The molecule has 0 aliphatic rings. The van der Waals surface area contributed by atoms with Crippen LogP contribution in [0.3, 0.4) is 0 Å². The van der Waals surface area contributed by atoms with Crippen LogP contribution in [0.1, 0.15) is 15.4 Å². The van der Waals surface area contributed by atoms with Crippen LogP contribution in [0.2, 0.25) is 0 Å². The van der Waals surface area contributed by atoms with Crippen LogP contribution in [0, 0.1) is 6.92 Å². The van der Waals surface area contributed by atoms with Gasteiger partial charge in [0.05, 0.1) is 5.69 Å². The molecule has 0 amide bonds. The van der Waals surface area contributed by atoms with Crippen molar-refractivity contribution >= 4 is 29.1 Å². The maximum absolute atomic E-state index is 11.9. The number of aromatic carboxylic acids is 1. The summed E-state index contributed by atoms with van der Waals surface area (Å²) >= 11 is 0.124.